The highest BCUT2D eigenvalue weighted by Gasteiger charge is 2.43. The topological polar surface area (TPSA) is 61.6 Å². The molecule has 0 bridgehead atoms. The van der Waals surface area contributed by atoms with Gasteiger partial charge in [-0.15, -0.1) is 0 Å². The molecule has 1 N–H and O–H groups in total. The van der Waals surface area contributed by atoms with Crippen LogP contribution in [-0.4, -0.2) is 15.9 Å². The van der Waals surface area contributed by atoms with E-state index < -0.39 is 0 Å². The third-order valence-corrected chi connectivity index (χ3v) is 2.96. The molecule has 1 aliphatic carbocycles. The van der Waals surface area contributed by atoms with Crippen molar-refractivity contribution in [3.8, 4) is 6.07 Å². The van der Waals surface area contributed by atoms with Crippen molar-refractivity contribution >= 4 is 16.7 Å². The van der Waals surface area contributed by atoms with E-state index in [1.807, 2.05) is 6.92 Å². The van der Waals surface area contributed by atoms with Crippen LogP contribution in [0.25, 0.3) is 0 Å². The first-order valence-electron chi connectivity index (χ1n) is 4.20. The van der Waals surface area contributed by atoms with Crippen molar-refractivity contribution in [3.05, 3.63) is 5.82 Å². The number of aryl methyl sites for hydroxylation is 1. The van der Waals surface area contributed by atoms with Gasteiger partial charge in [0, 0.05) is 18.1 Å². The molecule has 0 unspecified atom stereocenters. The van der Waals surface area contributed by atoms with Crippen LogP contribution in [0.5, 0.6) is 0 Å². The number of anilines is 1. The van der Waals surface area contributed by atoms with Gasteiger partial charge in [0.1, 0.15) is 5.82 Å². The van der Waals surface area contributed by atoms with Gasteiger partial charge < -0.3 is 5.32 Å². The predicted octanol–water partition coefficient (Wildman–Crippen LogP) is 1.56. The van der Waals surface area contributed by atoms with Gasteiger partial charge in [0.05, 0.1) is 11.5 Å². The minimum Gasteiger partial charge on any atom is -0.359 e. The molecular weight excluding hydrogens is 184 g/mol. The molecule has 2 rings (SSSR count). The molecular formula is C8H10N4S. The number of nitriles is 1. The van der Waals surface area contributed by atoms with Crippen LogP contribution in [0.1, 0.15) is 18.7 Å². The van der Waals surface area contributed by atoms with Gasteiger partial charge in [0.25, 0.3) is 0 Å². The zero-order chi connectivity index (χ0) is 9.31. The molecule has 1 fully saturated rings. The second-order valence-corrected chi connectivity index (χ2v) is 4.14. The van der Waals surface area contributed by atoms with Crippen molar-refractivity contribution in [1.82, 2.24) is 9.36 Å². The zero-order valence-electron chi connectivity index (χ0n) is 7.37. The van der Waals surface area contributed by atoms with Gasteiger partial charge in [-0.1, -0.05) is 0 Å². The summed E-state index contributed by atoms with van der Waals surface area (Å²) in [6.45, 7) is 2.57. The highest BCUT2D eigenvalue weighted by molar-refractivity contribution is 7.09. The average Bonchev–Trinajstić information content (AvgIpc) is 2.81. The van der Waals surface area contributed by atoms with Gasteiger partial charge in [0.2, 0.25) is 5.13 Å². The largest absolute Gasteiger partial charge is 0.359 e. The first-order chi connectivity index (χ1) is 6.24. The van der Waals surface area contributed by atoms with Crippen LogP contribution in [0.4, 0.5) is 5.13 Å². The Morgan fingerprint density at radius 2 is 2.46 bits per heavy atom. The summed E-state index contributed by atoms with van der Waals surface area (Å²) in [5.74, 6) is 0.786. The van der Waals surface area contributed by atoms with E-state index in [-0.39, 0.29) is 5.41 Å². The number of nitrogens with zero attached hydrogens (tertiary/aromatic N) is 3. The van der Waals surface area contributed by atoms with Crippen LogP contribution in [0, 0.1) is 23.7 Å². The first-order valence-corrected chi connectivity index (χ1v) is 4.97. The summed E-state index contributed by atoms with van der Waals surface area (Å²) in [6.07, 6.45) is 2.02. The molecule has 68 valence electrons. The summed E-state index contributed by atoms with van der Waals surface area (Å²) >= 11 is 1.35. The molecule has 1 saturated carbocycles. The maximum Gasteiger partial charge on any atom is 0.202 e. The molecule has 0 aromatic carbocycles. The van der Waals surface area contributed by atoms with Crippen LogP contribution in [-0.2, 0) is 0 Å². The predicted molar refractivity (Wildman–Crippen MR) is 50.4 cm³/mol. The molecule has 0 spiro atoms. The number of hydrogen-bond donors (Lipinski definition) is 1. The molecule has 1 aliphatic rings. The van der Waals surface area contributed by atoms with Gasteiger partial charge in [-0.25, -0.2) is 4.98 Å². The summed E-state index contributed by atoms with van der Waals surface area (Å²) in [5.41, 5.74) is -0.112. The van der Waals surface area contributed by atoms with E-state index in [9.17, 15) is 0 Å². The molecule has 1 aromatic rings. The first kappa shape index (κ1) is 8.45. The Kier molecular flexibility index (Phi) is 1.93. The number of aromatic nitrogens is 2. The quantitative estimate of drug-likeness (QED) is 0.793. The molecule has 0 radical (unpaired) electrons. The van der Waals surface area contributed by atoms with E-state index in [0.717, 1.165) is 23.8 Å². The number of rotatable bonds is 3. The van der Waals surface area contributed by atoms with Crippen LogP contribution >= 0.6 is 11.5 Å². The van der Waals surface area contributed by atoms with Crippen LogP contribution < -0.4 is 5.32 Å². The highest BCUT2D eigenvalue weighted by atomic mass is 32.1. The lowest BCUT2D eigenvalue weighted by Gasteiger charge is -2.04. The van der Waals surface area contributed by atoms with Crippen molar-refractivity contribution in [2.45, 2.75) is 19.8 Å². The normalized spacial score (nSPS) is 17.8. The lowest BCUT2D eigenvalue weighted by molar-refractivity contribution is 0.710. The van der Waals surface area contributed by atoms with E-state index in [0.29, 0.717) is 6.54 Å². The fourth-order valence-corrected chi connectivity index (χ4v) is 1.66. The molecule has 1 aromatic heterocycles. The van der Waals surface area contributed by atoms with Crippen molar-refractivity contribution in [2.75, 3.05) is 11.9 Å². The third-order valence-electron chi connectivity index (χ3n) is 2.20. The minimum atomic E-state index is -0.112. The Balaban J connectivity index is 1.90. The van der Waals surface area contributed by atoms with Gasteiger partial charge in [0.15, 0.2) is 0 Å². The van der Waals surface area contributed by atoms with E-state index >= 15 is 0 Å². The SMILES string of the molecule is Cc1nsc(NCC2(C#N)CC2)n1. The molecule has 1 heterocycles. The van der Waals surface area contributed by atoms with E-state index in [1.54, 1.807) is 0 Å². The maximum absolute atomic E-state index is 8.82. The Morgan fingerprint density at radius 3 is 2.92 bits per heavy atom. The number of hydrogen-bond acceptors (Lipinski definition) is 5. The third kappa shape index (κ3) is 1.78. The van der Waals surface area contributed by atoms with E-state index in [4.69, 9.17) is 5.26 Å². The zero-order valence-corrected chi connectivity index (χ0v) is 8.19. The van der Waals surface area contributed by atoms with Gasteiger partial charge in [-0.3, -0.25) is 0 Å². The lowest BCUT2D eigenvalue weighted by atomic mass is 10.1. The summed E-state index contributed by atoms with van der Waals surface area (Å²) in [7, 11) is 0. The molecule has 13 heavy (non-hydrogen) atoms. The second-order valence-electron chi connectivity index (χ2n) is 3.39. The standard InChI is InChI=1S/C8H10N4S/c1-6-11-7(13-12-6)10-5-8(4-9)2-3-8/h2-3,5H2,1H3,(H,10,11,12). The Bertz CT molecular complexity index is 347. The molecule has 4 nitrogen and oxygen atoms in total. The minimum absolute atomic E-state index is 0.112. The van der Waals surface area contributed by atoms with Crippen LogP contribution in [0.15, 0.2) is 0 Å². The summed E-state index contributed by atoms with van der Waals surface area (Å²) in [4.78, 5) is 4.16. The van der Waals surface area contributed by atoms with Crippen molar-refractivity contribution < 1.29 is 0 Å². The molecule has 0 saturated heterocycles. The maximum atomic E-state index is 8.82. The average molecular weight is 194 g/mol. The highest BCUT2D eigenvalue weighted by Crippen LogP contribution is 2.44. The molecule has 0 atom stereocenters. The molecule has 5 heteroatoms. The summed E-state index contributed by atoms with van der Waals surface area (Å²) in [6, 6.07) is 2.32. The van der Waals surface area contributed by atoms with Gasteiger partial charge >= 0.3 is 0 Å². The summed E-state index contributed by atoms with van der Waals surface area (Å²) < 4.78 is 4.05. The van der Waals surface area contributed by atoms with Crippen molar-refractivity contribution in [2.24, 2.45) is 5.41 Å². The Labute approximate surface area is 80.8 Å². The van der Waals surface area contributed by atoms with Gasteiger partial charge in [-0.2, -0.15) is 9.64 Å². The van der Waals surface area contributed by atoms with E-state index in [1.165, 1.54) is 11.5 Å². The van der Waals surface area contributed by atoms with E-state index in [2.05, 4.69) is 20.7 Å². The van der Waals surface area contributed by atoms with Crippen molar-refractivity contribution in [3.63, 3.8) is 0 Å². The molecule has 0 aliphatic heterocycles. The monoisotopic (exact) mass is 194 g/mol. The summed E-state index contributed by atoms with van der Waals surface area (Å²) in [5, 5.41) is 12.8. The smallest absolute Gasteiger partial charge is 0.202 e. The fraction of sp³-hybridized carbons (Fsp3) is 0.625. The fourth-order valence-electron chi connectivity index (χ4n) is 1.09. The van der Waals surface area contributed by atoms with Crippen molar-refractivity contribution in [1.29, 1.82) is 5.26 Å². The Morgan fingerprint density at radius 1 is 1.69 bits per heavy atom. The van der Waals surface area contributed by atoms with Crippen LogP contribution in [0.2, 0.25) is 0 Å². The Hall–Kier alpha value is -1.15. The van der Waals surface area contributed by atoms with Gasteiger partial charge in [-0.05, 0) is 19.8 Å². The van der Waals surface area contributed by atoms with Crippen LogP contribution in [0.3, 0.4) is 0 Å². The second kappa shape index (κ2) is 2.96. The molecule has 0 amide bonds. The number of nitrogens with one attached hydrogen (secondary N) is 1. The lowest BCUT2D eigenvalue weighted by Crippen LogP contribution is -2.13.